The van der Waals surface area contributed by atoms with E-state index in [1.165, 1.54) is 0 Å². The number of nitrogens with one attached hydrogen (secondary N) is 1. The van der Waals surface area contributed by atoms with Crippen molar-refractivity contribution in [3.8, 4) is 0 Å². The fourth-order valence-electron chi connectivity index (χ4n) is 2.81. The van der Waals surface area contributed by atoms with Crippen LogP contribution >= 0.6 is 0 Å². The lowest BCUT2D eigenvalue weighted by molar-refractivity contribution is -0.155. The molecule has 5 heteroatoms. The molecule has 0 radical (unpaired) electrons. The first-order valence-corrected chi connectivity index (χ1v) is 6.22. The van der Waals surface area contributed by atoms with E-state index in [0.717, 1.165) is 6.42 Å². The molecule has 1 N–H and O–H groups in total. The summed E-state index contributed by atoms with van der Waals surface area (Å²) in [5.74, 6) is -0.0521. The third-order valence-electron chi connectivity index (χ3n) is 4.09. The summed E-state index contributed by atoms with van der Waals surface area (Å²) in [6.07, 6.45) is 1.41. The monoisotopic (exact) mass is 240 g/mol. The van der Waals surface area contributed by atoms with Gasteiger partial charge >= 0.3 is 0 Å². The van der Waals surface area contributed by atoms with Gasteiger partial charge in [-0.3, -0.25) is 9.59 Å². The molecule has 2 aliphatic heterocycles. The highest BCUT2D eigenvalue weighted by atomic mass is 16.5. The zero-order valence-corrected chi connectivity index (χ0v) is 10.7. The molecule has 2 fully saturated rings. The molecule has 96 valence electrons. The van der Waals surface area contributed by atoms with Gasteiger partial charge in [0.05, 0.1) is 18.2 Å². The van der Waals surface area contributed by atoms with Gasteiger partial charge in [0, 0.05) is 6.61 Å². The van der Waals surface area contributed by atoms with Gasteiger partial charge in [-0.1, -0.05) is 6.92 Å². The van der Waals surface area contributed by atoms with Crippen LogP contribution in [-0.4, -0.2) is 47.6 Å². The third-order valence-corrected chi connectivity index (χ3v) is 4.09. The molecule has 3 atom stereocenters. The summed E-state index contributed by atoms with van der Waals surface area (Å²) < 4.78 is 5.57. The largest absolute Gasteiger partial charge is 0.376 e. The Hall–Kier alpha value is -1.10. The summed E-state index contributed by atoms with van der Waals surface area (Å²) in [7, 11) is 0. The number of amides is 2. The Morgan fingerprint density at radius 2 is 2.24 bits per heavy atom. The van der Waals surface area contributed by atoms with Crippen LogP contribution in [0.15, 0.2) is 0 Å². The van der Waals surface area contributed by atoms with Gasteiger partial charge in [-0.15, -0.1) is 0 Å². The first kappa shape index (κ1) is 12.4. The minimum Gasteiger partial charge on any atom is -0.376 e. The van der Waals surface area contributed by atoms with Crippen molar-refractivity contribution in [1.82, 2.24) is 10.2 Å². The normalized spacial score (nSPS) is 38.4. The van der Waals surface area contributed by atoms with Gasteiger partial charge in [0.2, 0.25) is 11.8 Å². The van der Waals surface area contributed by atoms with Crippen molar-refractivity contribution < 1.29 is 14.3 Å². The van der Waals surface area contributed by atoms with Crippen molar-refractivity contribution in [2.75, 3.05) is 13.2 Å². The molecule has 0 aliphatic carbocycles. The van der Waals surface area contributed by atoms with Gasteiger partial charge in [0.25, 0.3) is 0 Å². The fraction of sp³-hybridized carbons (Fsp3) is 0.833. The van der Waals surface area contributed by atoms with Crippen LogP contribution in [0, 0.1) is 0 Å². The Balaban J connectivity index is 2.32. The maximum atomic E-state index is 12.1. The second-order valence-corrected chi connectivity index (χ2v) is 5.03. The average molecular weight is 240 g/mol. The van der Waals surface area contributed by atoms with Crippen LogP contribution in [0.25, 0.3) is 0 Å². The predicted molar refractivity (Wildman–Crippen MR) is 62.4 cm³/mol. The first-order valence-electron chi connectivity index (χ1n) is 6.22. The zero-order valence-electron chi connectivity index (χ0n) is 10.7. The highest BCUT2D eigenvalue weighted by Gasteiger charge is 2.49. The molecule has 0 aromatic carbocycles. The quantitative estimate of drug-likeness (QED) is 0.755. The van der Waals surface area contributed by atoms with Crippen molar-refractivity contribution in [2.45, 2.75) is 51.3 Å². The molecule has 17 heavy (non-hydrogen) atoms. The summed E-state index contributed by atoms with van der Waals surface area (Å²) in [6.45, 7) is 6.68. The third kappa shape index (κ3) is 1.82. The summed E-state index contributed by atoms with van der Waals surface area (Å²) in [6, 6.07) is -0.356. The molecule has 2 rings (SSSR count). The van der Waals surface area contributed by atoms with Gasteiger partial charge in [-0.2, -0.15) is 0 Å². The summed E-state index contributed by atoms with van der Waals surface area (Å²) in [5.41, 5.74) is -0.352. The number of hydrogen-bond donors (Lipinski definition) is 1. The van der Waals surface area contributed by atoms with E-state index in [-0.39, 0.29) is 36.0 Å². The molecule has 0 bridgehead atoms. The topological polar surface area (TPSA) is 58.6 Å². The molecule has 2 aliphatic rings. The average Bonchev–Trinajstić information content (AvgIpc) is 2.63. The molecule has 2 amide bonds. The van der Waals surface area contributed by atoms with Crippen LogP contribution < -0.4 is 5.32 Å². The number of carbonyl (C=O) groups excluding carboxylic acids is 2. The minimum absolute atomic E-state index is 0.00343. The number of hydrogen-bond acceptors (Lipinski definition) is 3. The lowest BCUT2D eigenvalue weighted by Crippen LogP contribution is -2.67. The van der Waals surface area contributed by atoms with Crippen LogP contribution in [-0.2, 0) is 14.3 Å². The molecule has 2 heterocycles. The predicted octanol–water partition coefficient (Wildman–Crippen LogP) is 0.291. The molecule has 3 unspecified atom stereocenters. The summed E-state index contributed by atoms with van der Waals surface area (Å²) >= 11 is 0. The Morgan fingerprint density at radius 1 is 1.53 bits per heavy atom. The second-order valence-electron chi connectivity index (χ2n) is 5.03. The number of piperazine rings is 1. The van der Waals surface area contributed by atoms with Gasteiger partial charge < -0.3 is 15.0 Å². The van der Waals surface area contributed by atoms with E-state index < -0.39 is 0 Å². The van der Waals surface area contributed by atoms with Gasteiger partial charge in [0.15, 0.2) is 0 Å². The minimum atomic E-state index is -0.356. The van der Waals surface area contributed by atoms with Crippen molar-refractivity contribution >= 4 is 11.8 Å². The van der Waals surface area contributed by atoms with Crippen molar-refractivity contribution in [3.63, 3.8) is 0 Å². The molecule has 0 spiro atoms. The SMILES string of the molecule is CCC1C(=O)NCC(=O)N1C1(C)CCOC1C. The van der Waals surface area contributed by atoms with Gasteiger partial charge in [-0.05, 0) is 26.7 Å². The van der Waals surface area contributed by atoms with E-state index in [1.54, 1.807) is 4.90 Å². The zero-order chi connectivity index (χ0) is 12.6. The number of nitrogens with zero attached hydrogens (tertiary/aromatic N) is 1. The van der Waals surface area contributed by atoms with E-state index in [2.05, 4.69) is 5.32 Å². The van der Waals surface area contributed by atoms with E-state index in [1.807, 2.05) is 20.8 Å². The number of ether oxygens (including phenoxy) is 1. The van der Waals surface area contributed by atoms with Crippen molar-refractivity contribution in [3.05, 3.63) is 0 Å². The van der Waals surface area contributed by atoms with Crippen LogP contribution in [0.2, 0.25) is 0 Å². The lowest BCUT2D eigenvalue weighted by Gasteiger charge is -2.46. The van der Waals surface area contributed by atoms with E-state index in [4.69, 9.17) is 4.74 Å². The van der Waals surface area contributed by atoms with Crippen LogP contribution in [0.5, 0.6) is 0 Å². The maximum absolute atomic E-state index is 12.1. The Kier molecular flexibility index (Phi) is 3.12. The highest BCUT2D eigenvalue weighted by Crippen LogP contribution is 2.34. The lowest BCUT2D eigenvalue weighted by atomic mass is 9.88. The fourth-order valence-corrected chi connectivity index (χ4v) is 2.81. The Morgan fingerprint density at radius 3 is 2.76 bits per heavy atom. The maximum Gasteiger partial charge on any atom is 0.243 e. The molecule has 5 nitrogen and oxygen atoms in total. The van der Waals surface area contributed by atoms with E-state index in [9.17, 15) is 9.59 Å². The Labute approximate surface area is 101 Å². The molecule has 0 saturated carbocycles. The first-order chi connectivity index (χ1) is 8.00. The van der Waals surface area contributed by atoms with Gasteiger partial charge in [-0.25, -0.2) is 0 Å². The highest BCUT2D eigenvalue weighted by molar-refractivity contribution is 5.95. The molecular weight excluding hydrogens is 220 g/mol. The van der Waals surface area contributed by atoms with E-state index in [0.29, 0.717) is 13.0 Å². The van der Waals surface area contributed by atoms with Gasteiger partial charge in [0.1, 0.15) is 6.04 Å². The second kappa shape index (κ2) is 4.29. The number of carbonyl (C=O) groups is 2. The van der Waals surface area contributed by atoms with Crippen LogP contribution in [0.1, 0.15) is 33.6 Å². The van der Waals surface area contributed by atoms with Crippen molar-refractivity contribution in [2.24, 2.45) is 0 Å². The standard InChI is InChI=1S/C12H20N2O3/c1-4-9-11(16)13-7-10(15)14(9)12(3)5-6-17-8(12)2/h8-9H,4-7H2,1-3H3,(H,13,16). The molecule has 0 aromatic heterocycles. The van der Waals surface area contributed by atoms with Crippen LogP contribution in [0.3, 0.4) is 0 Å². The van der Waals surface area contributed by atoms with Crippen LogP contribution in [0.4, 0.5) is 0 Å². The molecule has 0 aromatic rings. The Bertz CT molecular complexity index is 345. The molecular formula is C12H20N2O3. The summed E-state index contributed by atoms with van der Waals surface area (Å²) in [4.78, 5) is 25.7. The molecule has 2 saturated heterocycles. The smallest absolute Gasteiger partial charge is 0.243 e. The summed E-state index contributed by atoms with van der Waals surface area (Å²) in [5, 5.41) is 2.65. The van der Waals surface area contributed by atoms with E-state index >= 15 is 0 Å². The van der Waals surface area contributed by atoms with Crippen molar-refractivity contribution in [1.29, 1.82) is 0 Å². The number of rotatable bonds is 2.